The van der Waals surface area contributed by atoms with Crippen molar-refractivity contribution in [3.63, 3.8) is 0 Å². The fraction of sp³-hybridized carbons (Fsp3) is 0.500. The molecule has 8 nitrogen and oxygen atoms in total. The van der Waals surface area contributed by atoms with Gasteiger partial charge in [-0.05, 0) is 44.9 Å². The highest BCUT2D eigenvalue weighted by molar-refractivity contribution is 7.99. The van der Waals surface area contributed by atoms with Crippen LogP contribution in [0, 0.1) is 5.92 Å². The third kappa shape index (κ3) is 7.87. The molecule has 0 saturated heterocycles. The zero-order valence-electron chi connectivity index (χ0n) is 17.7. The average Bonchev–Trinajstić information content (AvgIpc) is 3.11. The summed E-state index contributed by atoms with van der Waals surface area (Å²) >= 11 is 7.02. The maximum atomic E-state index is 12.2. The molecule has 1 heterocycles. The molecule has 2 amide bonds. The number of nitrogens with zero attached hydrogens (tertiary/aromatic N) is 2. The standard InChI is InChI=1S/C20H27ClN4O4S/c1-6-12(2)16(23-18(27)29-20(3,4)5)17-24-25-19(28-17)30-11-15(26)22-14-9-7-8-13(21)10-14/h7-10,12,16H,6,11H2,1-5H3,(H,22,26)(H,23,27)/t12-,16+/m0/s1. The van der Waals surface area contributed by atoms with Crippen LogP contribution in [0.3, 0.4) is 0 Å². The molecular formula is C20H27ClN4O4S. The number of rotatable bonds is 8. The van der Waals surface area contributed by atoms with Gasteiger partial charge in [0.25, 0.3) is 5.22 Å². The Kier molecular flexibility index (Phi) is 8.54. The van der Waals surface area contributed by atoms with Gasteiger partial charge in [0, 0.05) is 10.7 Å². The maximum Gasteiger partial charge on any atom is 0.408 e. The van der Waals surface area contributed by atoms with Gasteiger partial charge in [0.2, 0.25) is 11.8 Å². The second-order valence-electron chi connectivity index (χ2n) is 7.76. The first-order chi connectivity index (χ1) is 14.1. The predicted molar refractivity (Wildman–Crippen MR) is 117 cm³/mol. The van der Waals surface area contributed by atoms with Crippen LogP contribution in [-0.4, -0.2) is 33.6 Å². The molecule has 2 rings (SSSR count). The number of benzene rings is 1. The van der Waals surface area contributed by atoms with Gasteiger partial charge in [-0.3, -0.25) is 4.79 Å². The van der Waals surface area contributed by atoms with Crippen molar-refractivity contribution in [2.45, 2.75) is 57.9 Å². The third-order valence-electron chi connectivity index (χ3n) is 4.01. The van der Waals surface area contributed by atoms with E-state index < -0.39 is 17.7 Å². The van der Waals surface area contributed by atoms with E-state index in [9.17, 15) is 9.59 Å². The predicted octanol–water partition coefficient (Wildman–Crippen LogP) is 5.07. The normalized spacial score (nSPS) is 13.4. The number of hydrogen-bond acceptors (Lipinski definition) is 7. The Labute approximate surface area is 185 Å². The molecule has 0 aliphatic heterocycles. The van der Waals surface area contributed by atoms with Gasteiger partial charge in [-0.2, -0.15) is 0 Å². The summed E-state index contributed by atoms with van der Waals surface area (Å²) in [6.45, 7) is 9.35. The average molecular weight is 455 g/mol. The summed E-state index contributed by atoms with van der Waals surface area (Å²) in [5, 5.41) is 14.4. The number of halogens is 1. The summed E-state index contributed by atoms with van der Waals surface area (Å²) in [6, 6.07) is 6.39. The smallest absolute Gasteiger partial charge is 0.408 e. The Hall–Kier alpha value is -2.26. The minimum absolute atomic E-state index is 0.0435. The van der Waals surface area contributed by atoms with Gasteiger partial charge in [0.1, 0.15) is 11.6 Å². The van der Waals surface area contributed by atoms with Gasteiger partial charge >= 0.3 is 6.09 Å². The molecule has 10 heteroatoms. The summed E-state index contributed by atoms with van der Waals surface area (Å²) in [7, 11) is 0. The Bertz CT molecular complexity index is 868. The summed E-state index contributed by atoms with van der Waals surface area (Å²) in [5.74, 6) is 0.170. The lowest BCUT2D eigenvalue weighted by Crippen LogP contribution is -2.37. The van der Waals surface area contributed by atoms with E-state index >= 15 is 0 Å². The zero-order valence-corrected chi connectivity index (χ0v) is 19.3. The van der Waals surface area contributed by atoms with Crippen LogP contribution in [0.5, 0.6) is 0 Å². The van der Waals surface area contributed by atoms with E-state index in [0.29, 0.717) is 10.7 Å². The fourth-order valence-corrected chi connectivity index (χ4v) is 3.17. The van der Waals surface area contributed by atoms with Crippen LogP contribution in [-0.2, 0) is 9.53 Å². The topological polar surface area (TPSA) is 106 Å². The molecule has 1 aromatic heterocycles. The number of amides is 2. The Morgan fingerprint density at radius 1 is 1.30 bits per heavy atom. The van der Waals surface area contributed by atoms with Crippen molar-refractivity contribution in [1.82, 2.24) is 15.5 Å². The van der Waals surface area contributed by atoms with Crippen LogP contribution in [0.15, 0.2) is 33.9 Å². The van der Waals surface area contributed by atoms with Crippen molar-refractivity contribution in [1.29, 1.82) is 0 Å². The van der Waals surface area contributed by atoms with E-state index in [1.54, 1.807) is 45.0 Å². The Morgan fingerprint density at radius 3 is 2.67 bits per heavy atom. The Balaban J connectivity index is 1.97. The number of carbonyl (C=O) groups is 2. The lowest BCUT2D eigenvalue weighted by atomic mass is 9.99. The molecule has 1 aromatic carbocycles. The number of nitrogens with one attached hydrogen (secondary N) is 2. The second-order valence-corrected chi connectivity index (χ2v) is 9.13. The van der Waals surface area contributed by atoms with Crippen LogP contribution in [0.2, 0.25) is 5.02 Å². The maximum absolute atomic E-state index is 12.2. The first-order valence-electron chi connectivity index (χ1n) is 9.58. The zero-order chi connectivity index (χ0) is 22.3. The molecule has 2 aromatic rings. The van der Waals surface area contributed by atoms with Crippen molar-refractivity contribution >= 4 is 41.1 Å². The molecule has 0 saturated carbocycles. The largest absolute Gasteiger partial charge is 0.444 e. The fourth-order valence-electron chi connectivity index (χ4n) is 2.41. The number of carbonyl (C=O) groups excluding carboxylic acids is 2. The van der Waals surface area contributed by atoms with Gasteiger partial charge in [0.15, 0.2) is 0 Å². The van der Waals surface area contributed by atoms with E-state index in [-0.39, 0.29) is 28.7 Å². The van der Waals surface area contributed by atoms with E-state index in [0.717, 1.165) is 18.2 Å². The Morgan fingerprint density at radius 2 is 2.03 bits per heavy atom. The van der Waals surface area contributed by atoms with E-state index in [4.69, 9.17) is 20.8 Å². The molecule has 0 aliphatic rings. The van der Waals surface area contributed by atoms with Crippen LogP contribution in [0.1, 0.15) is 53.0 Å². The molecule has 0 radical (unpaired) electrons. The van der Waals surface area contributed by atoms with Gasteiger partial charge in [-0.1, -0.05) is 49.7 Å². The highest BCUT2D eigenvalue weighted by Gasteiger charge is 2.28. The first kappa shape index (κ1) is 24.0. The SMILES string of the molecule is CC[C@H](C)[C@@H](NC(=O)OC(C)(C)C)c1nnc(SCC(=O)Nc2cccc(Cl)c2)o1. The molecule has 0 unspecified atom stereocenters. The van der Waals surface area contributed by atoms with Crippen molar-refractivity contribution in [3.05, 3.63) is 35.2 Å². The van der Waals surface area contributed by atoms with E-state index in [2.05, 4.69) is 20.8 Å². The molecule has 0 spiro atoms. The molecule has 2 atom stereocenters. The van der Waals surface area contributed by atoms with Crippen molar-refractivity contribution in [2.24, 2.45) is 5.92 Å². The minimum atomic E-state index is -0.615. The number of thioether (sulfide) groups is 1. The van der Waals surface area contributed by atoms with Gasteiger partial charge in [-0.25, -0.2) is 4.79 Å². The van der Waals surface area contributed by atoms with E-state index in [1.807, 2.05) is 13.8 Å². The van der Waals surface area contributed by atoms with Crippen LogP contribution >= 0.6 is 23.4 Å². The minimum Gasteiger partial charge on any atom is -0.444 e. The molecule has 0 bridgehead atoms. The lowest BCUT2D eigenvalue weighted by molar-refractivity contribution is -0.113. The lowest BCUT2D eigenvalue weighted by Gasteiger charge is -2.24. The van der Waals surface area contributed by atoms with Crippen LogP contribution < -0.4 is 10.6 Å². The monoisotopic (exact) mass is 454 g/mol. The summed E-state index contributed by atoms with van der Waals surface area (Å²) in [6.07, 6.45) is 0.231. The summed E-state index contributed by atoms with van der Waals surface area (Å²) in [5.41, 5.74) is -0.00580. The van der Waals surface area contributed by atoms with Crippen molar-refractivity contribution in [2.75, 3.05) is 11.1 Å². The number of alkyl carbamates (subject to hydrolysis) is 1. The van der Waals surface area contributed by atoms with Crippen molar-refractivity contribution < 1.29 is 18.7 Å². The quantitative estimate of drug-likeness (QED) is 0.536. The summed E-state index contributed by atoms with van der Waals surface area (Å²) in [4.78, 5) is 24.3. The van der Waals surface area contributed by atoms with Gasteiger partial charge in [0.05, 0.1) is 5.75 Å². The first-order valence-corrected chi connectivity index (χ1v) is 10.9. The molecule has 2 N–H and O–H groups in total. The molecule has 0 aliphatic carbocycles. The molecule has 0 fully saturated rings. The highest BCUT2D eigenvalue weighted by Crippen LogP contribution is 2.27. The number of hydrogen-bond donors (Lipinski definition) is 2. The highest BCUT2D eigenvalue weighted by atomic mass is 35.5. The molecule has 30 heavy (non-hydrogen) atoms. The van der Waals surface area contributed by atoms with E-state index in [1.165, 1.54) is 0 Å². The molecule has 164 valence electrons. The van der Waals surface area contributed by atoms with Crippen molar-refractivity contribution in [3.8, 4) is 0 Å². The number of anilines is 1. The summed E-state index contributed by atoms with van der Waals surface area (Å²) < 4.78 is 11.0. The van der Waals surface area contributed by atoms with Gasteiger partial charge in [-0.15, -0.1) is 10.2 Å². The van der Waals surface area contributed by atoms with Gasteiger partial charge < -0.3 is 19.8 Å². The molecular weight excluding hydrogens is 428 g/mol. The number of ether oxygens (including phenoxy) is 1. The second kappa shape index (κ2) is 10.7. The third-order valence-corrected chi connectivity index (χ3v) is 5.06. The number of aromatic nitrogens is 2. The van der Waals surface area contributed by atoms with Crippen LogP contribution in [0.25, 0.3) is 0 Å². The van der Waals surface area contributed by atoms with Crippen LogP contribution in [0.4, 0.5) is 10.5 Å².